The minimum Gasteiger partial charge on any atom is -0.320 e. The van der Waals surface area contributed by atoms with Crippen LogP contribution in [0.3, 0.4) is 0 Å². The summed E-state index contributed by atoms with van der Waals surface area (Å²) < 4.78 is 0. The highest BCUT2D eigenvalue weighted by atomic mass is 32.1. The van der Waals surface area contributed by atoms with Gasteiger partial charge >= 0.3 is 6.03 Å². The fraction of sp³-hybridized carbons (Fsp3) is 0. The molecule has 0 saturated carbocycles. The first kappa shape index (κ1) is 15.7. The van der Waals surface area contributed by atoms with Crippen LogP contribution < -0.4 is 16.0 Å². The third kappa shape index (κ3) is 3.96. The number of nitrogens with one attached hydrogen (secondary N) is 3. The van der Waals surface area contributed by atoms with E-state index >= 15 is 0 Å². The van der Waals surface area contributed by atoms with Crippen LogP contribution in [-0.4, -0.2) is 16.9 Å². The van der Waals surface area contributed by atoms with Gasteiger partial charge in [-0.05, 0) is 41.8 Å². The Hall–Kier alpha value is -3.19. The molecule has 7 heteroatoms. The fourth-order valence-corrected chi connectivity index (χ4v) is 2.62. The molecular weight excluding hydrogens is 324 g/mol. The number of amides is 3. The molecule has 6 nitrogen and oxygen atoms in total. The number of carbonyl (C=O) groups is 2. The molecule has 3 rings (SSSR count). The van der Waals surface area contributed by atoms with E-state index in [0.29, 0.717) is 16.9 Å². The first-order valence-corrected chi connectivity index (χ1v) is 8.02. The molecule has 0 spiro atoms. The molecule has 0 saturated heterocycles. The molecule has 1 aromatic carbocycles. The molecule has 24 heavy (non-hydrogen) atoms. The van der Waals surface area contributed by atoms with E-state index in [9.17, 15) is 9.59 Å². The van der Waals surface area contributed by atoms with Crippen molar-refractivity contribution >= 4 is 39.7 Å². The molecule has 0 fully saturated rings. The van der Waals surface area contributed by atoms with E-state index in [4.69, 9.17) is 0 Å². The number of hydrogen-bond donors (Lipinski definition) is 3. The first-order chi connectivity index (χ1) is 11.7. The first-order valence-electron chi connectivity index (χ1n) is 7.14. The summed E-state index contributed by atoms with van der Waals surface area (Å²) in [6, 6.07) is 13.6. The molecule has 3 aromatic rings. The Bertz CT molecular complexity index is 835. The van der Waals surface area contributed by atoms with Gasteiger partial charge in [0.25, 0.3) is 5.91 Å². The summed E-state index contributed by atoms with van der Waals surface area (Å²) in [6.07, 6.45) is 3.08. The lowest BCUT2D eigenvalue weighted by Crippen LogP contribution is -2.20. The zero-order valence-electron chi connectivity index (χ0n) is 12.5. The van der Waals surface area contributed by atoms with Crippen molar-refractivity contribution in [3.8, 4) is 0 Å². The van der Waals surface area contributed by atoms with E-state index in [1.54, 1.807) is 48.7 Å². The predicted octanol–water partition coefficient (Wildman–Crippen LogP) is 4.04. The van der Waals surface area contributed by atoms with Gasteiger partial charge in [0.15, 0.2) is 0 Å². The summed E-state index contributed by atoms with van der Waals surface area (Å²) in [5.74, 6) is -0.295. The van der Waals surface area contributed by atoms with Crippen LogP contribution in [0.4, 0.5) is 21.2 Å². The van der Waals surface area contributed by atoms with E-state index in [0.717, 1.165) is 5.00 Å². The number of thiophene rings is 1. The van der Waals surface area contributed by atoms with Crippen molar-refractivity contribution in [1.82, 2.24) is 4.98 Å². The lowest BCUT2D eigenvalue weighted by Gasteiger charge is -2.12. The summed E-state index contributed by atoms with van der Waals surface area (Å²) in [6.45, 7) is 0. The number of nitrogens with zero attached hydrogens (tertiary/aromatic N) is 1. The van der Waals surface area contributed by atoms with Crippen molar-refractivity contribution in [2.45, 2.75) is 0 Å². The van der Waals surface area contributed by atoms with E-state index in [2.05, 4.69) is 20.9 Å². The van der Waals surface area contributed by atoms with Crippen molar-refractivity contribution in [2.24, 2.45) is 0 Å². The summed E-state index contributed by atoms with van der Waals surface area (Å²) in [5.41, 5.74) is 1.45. The Morgan fingerprint density at radius 3 is 2.33 bits per heavy atom. The minimum absolute atomic E-state index is 0.295. The third-order valence-corrected chi connectivity index (χ3v) is 3.89. The summed E-state index contributed by atoms with van der Waals surface area (Å²) in [5, 5.41) is 10.8. The molecule has 3 amide bonds. The van der Waals surface area contributed by atoms with Gasteiger partial charge in [0.2, 0.25) is 0 Å². The zero-order valence-corrected chi connectivity index (χ0v) is 13.3. The van der Waals surface area contributed by atoms with Gasteiger partial charge in [-0.2, -0.15) is 0 Å². The van der Waals surface area contributed by atoms with Crippen molar-refractivity contribution in [3.63, 3.8) is 0 Å². The molecule has 120 valence electrons. The smallest absolute Gasteiger partial charge is 0.320 e. The Morgan fingerprint density at radius 1 is 0.875 bits per heavy atom. The van der Waals surface area contributed by atoms with Gasteiger partial charge in [-0.15, -0.1) is 11.3 Å². The molecule has 0 unspecified atom stereocenters. The quantitative estimate of drug-likeness (QED) is 0.671. The Morgan fingerprint density at radius 2 is 1.67 bits per heavy atom. The molecule has 0 bridgehead atoms. The SMILES string of the molecule is O=C(Nc1cccs1)Nc1ccccc1NC(=O)c1cccnc1. The third-order valence-electron chi connectivity index (χ3n) is 3.11. The number of aromatic nitrogens is 1. The van der Waals surface area contributed by atoms with Crippen LogP contribution in [0, 0.1) is 0 Å². The molecule has 0 aliphatic rings. The summed E-state index contributed by atoms with van der Waals surface area (Å²) in [7, 11) is 0. The summed E-state index contributed by atoms with van der Waals surface area (Å²) >= 11 is 1.43. The highest BCUT2D eigenvalue weighted by Gasteiger charge is 2.11. The zero-order chi connectivity index (χ0) is 16.8. The highest BCUT2D eigenvalue weighted by Crippen LogP contribution is 2.22. The molecule has 0 radical (unpaired) electrons. The molecule has 2 heterocycles. The second kappa shape index (κ2) is 7.38. The normalized spacial score (nSPS) is 10.0. The molecule has 3 N–H and O–H groups in total. The second-order valence-electron chi connectivity index (χ2n) is 4.80. The van der Waals surface area contributed by atoms with E-state index < -0.39 is 0 Å². The van der Waals surface area contributed by atoms with Gasteiger partial charge in [-0.25, -0.2) is 4.79 Å². The maximum absolute atomic E-state index is 12.2. The van der Waals surface area contributed by atoms with Crippen LogP contribution in [0.25, 0.3) is 0 Å². The molecular formula is C17H14N4O2S. The van der Waals surface area contributed by atoms with Crippen molar-refractivity contribution in [3.05, 3.63) is 71.9 Å². The van der Waals surface area contributed by atoms with E-state index in [1.807, 2.05) is 11.4 Å². The number of pyridine rings is 1. The molecule has 2 aromatic heterocycles. The van der Waals surface area contributed by atoms with Crippen LogP contribution in [0.1, 0.15) is 10.4 Å². The Labute approximate surface area is 142 Å². The fourth-order valence-electron chi connectivity index (χ4n) is 2.01. The van der Waals surface area contributed by atoms with Crippen molar-refractivity contribution in [2.75, 3.05) is 16.0 Å². The predicted molar refractivity (Wildman–Crippen MR) is 95.6 cm³/mol. The molecule has 0 aliphatic heterocycles. The van der Waals surface area contributed by atoms with Crippen LogP contribution in [-0.2, 0) is 0 Å². The van der Waals surface area contributed by atoms with Crippen molar-refractivity contribution in [1.29, 1.82) is 0 Å². The number of urea groups is 1. The lowest BCUT2D eigenvalue weighted by molar-refractivity contribution is 0.102. The monoisotopic (exact) mass is 338 g/mol. The second-order valence-corrected chi connectivity index (χ2v) is 5.75. The van der Waals surface area contributed by atoms with Gasteiger partial charge in [-0.1, -0.05) is 12.1 Å². The molecule has 0 atom stereocenters. The van der Waals surface area contributed by atoms with Gasteiger partial charge in [0, 0.05) is 12.4 Å². The van der Waals surface area contributed by atoms with Crippen molar-refractivity contribution < 1.29 is 9.59 Å². The average molecular weight is 338 g/mol. The number of anilines is 3. The number of hydrogen-bond acceptors (Lipinski definition) is 4. The van der Waals surface area contributed by atoms with Crippen LogP contribution in [0.15, 0.2) is 66.3 Å². The maximum atomic E-state index is 12.2. The van der Waals surface area contributed by atoms with Gasteiger partial charge in [0.1, 0.15) is 0 Å². The number of carbonyl (C=O) groups excluding carboxylic acids is 2. The van der Waals surface area contributed by atoms with Gasteiger partial charge in [-0.3, -0.25) is 15.1 Å². The van der Waals surface area contributed by atoms with Crippen LogP contribution in [0.2, 0.25) is 0 Å². The maximum Gasteiger partial charge on any atom is 0.324 e. The number of rotatable bonds is 4. The Balaban J connectivity index is 1.71. The highest BCUT2D eigenvalue weighted by molar-refractivity contribution is 7.14. The topological polar surface area (TPSA) is 83.1 Å². The lowest BCUT2D eigenvalue weighted by atomic mass is 10.2. The summed E-state index contributed by atoms with van der Waals surface area (Å²) in [4.78, 5) is 28.2. The minimum atomic E-state index is -0.375. The van der Waals surface area contributed by atoms with Gasteiger partial charge < -0.3 is 10.6 Å². The largest absolute Gasteiger partial charge is 0.324 e. The average Bonchev–Trinajstić information content (AvgIpc) is 3.10. The van der Waals surface area contributed by atoms with Gasteiger partial charge in [0.05, 0.1) is 21.9 Å². The van der Waals surface area contributed by atoms with Crippen LogP contribution >= 0.6 is 11.3 Å². The van der Waals surface area contributed by atoms with E-state index in [1.165, 1.54) is 17.5 Å². The van der Waals surface area contributed by atoms with Crippen LogP contribution in [0.5, 0.6) is 0 Å². The molecule has 0 aliphatic carbocycles. The Kier molecular flexibility index (Phi) is 4.83. The number of benzene rings is 1. The standard InChI is InChI=1S/C17H14N4O2S/c22-16(12-5-3-9-18-11-12)19-13-6-1-2-7-14(13)20-17(23)21-15-8-4-10-24-15/h1-11H,(H,19,22)(H2,20,21,23). The van der Waals surface area contributed by atoms with E-state index in [-0.39, 0.29) is 11.9 Å². The number of para-hydroxylation sites is 2.